The quantitative estimate of drug-likeness (QED) is 0.852. The van der Waals surface area contributed by atoms with E-state index in [2.05, 4.69) is 31.3 Å². The molecule has 1 N–H and O–H groups in total. The first-order chi connectivity index (χ1) is 9.04. The highest BCUT2D eigenvalue weighted by Gasteiger charge is 2.57. The van der Waals surface area contributed by atoms with E-state index in [-0.39, 0.29) is 0 Å². The van der Waals surface area contributed by atoms with Crippen molar-refractivity contribution in [3.63, 3.8) is 0 Å². The first-order valence-corrected chi connectivity index (χ1v) is 7.91. The summed E-state index contributed by atoms with van der Waals surface area (Å²) >= 11 is 6.03. The minimum absolute atomic E-state index is 0.356. The Morgan fingerprint density at radius 1 is 1.16 bits per heavy atom. The van der Waals surface area contributed by atoms with Crippen molar-refractivity contribution in [3.05, 3.63) is 34.9 Å². The average Bonchev–Trinajstić information content (AvgIpc) is 2.27. The summed E-state index contributed by atoms with van der Waals surface area (Å²) in [4.78, 5) is 0. The van der Waals surface area contributed by atoms with Crippen LogP contribution >= 0.6 is 11.6 Å². The smallest absolute Gasteiger partial charge is 0.0406 e. The molecule has 0 aliphatic heterocycles. The molecule has 104 valence electrons. The maximum atomic E-state index is 6.03. The number of hydrogen-bond donors (Lipinski definition) is 1. The van der Waals surface area contributed by atoms with E-state index < -0.39 is 0 Å². The lowest BCUT2D eigenvalue weighted by Crippen LogP contribution is -2.57. The van der Waals surface area contributed by atoms with E-state index in [0.29, 0.717) is 16.9 Å². The molecule has 0 heterocycles. The zero-order chi connectivity index (χ0) is 13.5. The molecule has 0 atom stereocenters. The van der Waals surface area contributed by atoms with Gasteiger partial charge in [0, 0.05) is 23.0 Å². The number of nitrogens with one attached hydrogen (secondary N) is 1. The Morgan fingerprint density at radius 3 is 2.26 bits per heavy atom. The van der Waals surface area contributed by atoms with Gasteiger partial charge in [0.15, 0.2) is 0 Å². The van der Waals surface area contributed by atoms with Gasteiger partial charge in [0.05, 0.1) is 0 Å². The van der Waals surface area contributed by atoms with Crippen LogP contribution in [0, 0.1) is 5.41 Å². The zero-order valence-electron chi connectivity index (χ0n) is 12.0. The monoisotopic (exact) mass is 277 g/mol. The molecule has 0 bridgehead atoms. The van der Waals surface area contributed by atoms with Crippen LogP contribution in [0.1, 0.15) is 51.5 Å². The molecule has 2 aliphatic carbocycles. The van der Waals surface area contributed by atoms with Crippen LogP contribution in [0.5, 0.6) is 0 Å². The van der Waals surface area contributed by atoms with Crippen LogP contribution in [-0.4, -0.2) is 12.6 Å². The molecular weight excluding hydrogens is 254 g/mol. The van der Waals surface area contributed by atoms with Gasteiger partial charge in [-0.2, -0.15) is 0 Å². The molecule has 2 heteroatoms. The Labute approximate surface area is 121 Å². The lowest BCUT2D eigenvalue weighted by atomic mass is 9.43. The van der Waals surface area contributed by atoms with E-state index >= 15 is 0 Å². The molecule has 0 saturated heterocycles. The summed E-state index contributed by atoms with van der Waals surface area (Å²) in [5.41, 5.74) is 2.52. The van der Waals surface area contributed by atoms with Crippen molar-refractivity contribution in [1.82, 2.24) is 5.32 Å². The van der Waals surface area contributed by atoms with E-state index in [9.17, 15) is 0 Å². The summed E-state index contributed by atoms with van der Waals surface area (Å²) in [7, 11) is 0. The number of halogens is 1. The highest BCUT2D eigenvalue weighted by Crippen LogP contribution is 2.64. The van der Waals surface area contributed by atoms with Crippen molar-refractivity contribution in [1.29, 1.82) is 0 Å². The maximum Gasteiger partial charge on any atom is 0.0406 e. The number of rotatable bonds is 4. The predicted molar refractivity (Wildman–Crippen MR) is 81.8 cm³/mol. The Balaban J connectivity index is 1.79. The van der Waals surface area contributed by atoms with Crippen molar-refractivity contribution in [2.24, 2.45) is 5.41 Å². The van der Waals surface area contributed by atoms with Crippen molar-refractivity contribution in [2.45, 2.75) is 57.4 Å². The number of hydrogen-bond acceptors (Lipinski definition) is 1. The van der Waals surface area contributed by atoms with Gasteiger partial charge < -0.3 is 5.32 Å². The lowest BCUT2D eigenvalue weighted by molar-refractivity contribution is -0.0489. The molecule has 1 nitrogen and oxygen atoms in total. The third-order valence-electron chi connectivity index (χ3n) is 5.15. The Bertz CT molecular complexity index is 437. The van der Waals surface area contributed by atoms with Crippen LogP contribution in [0.2, 0.25) is 5.02 Å². The minimum Gasteiger partial charge on any atom is -0.314 e. The normalized spacial score (nSPS) is 23.2. The minimum atomic E-state index is 0.356. The van der Waals surface area contributed by atoms with Gasteiger partial charge in [-0.1, -0.05) is 44.0 Å². The van der Waals surface area contributed by atoms with Crippen molar-refractivity contribution in [3.8, 4) is 0 Å². The van der Waals surface area contributed by atoms with Gasteiger partial charge >= 0.3 is 0 Å². The standard InChI is InChI=1S/C17H24ClN/c1-13(2)19-12-17(10-16(11-17)8-3-9-16)14-4-6-15(18)7-5-14/h4-7,13,19H,3,8-12H2,1-2H3. The molecule has 0 unspecified atom stereocenters. The zero-order valence-corrected chi connectivity index (χ0v) is 12.8. The fourth-order valence-corrected chi connectivity index (χ4v) is 4.17. The summed E-state index contributed by atoms with van der Waals surface area (Å²) < 4.78 is 0. The third kappa shape index (κ3) is 2.43. The van der Waals surface area contributed by atoms with Crippen LogP contribution in [0.15, 0.2) is 24.3 Å². The molecule has 1 aromatic carbocycles. The van der Waals surface area contributed by atoms with Gasteiger partial charge in [-0.15, -0.1) is 0 Å². The van der Waals surface area contributed by atoms with E-state index in [0.717, 1.165) is 11.6 Å². The second kappa shape index (κ2) is 4.79. The van der Waals surface area contributed by atoms with Gasteiger partial charge in [-0.25, -0.2) is 0 Å². The molecular formula is C17H24ClN. The Hall–Kier alpha value is -0.530. The second-order valence-electron chi connectivity index (χ2n) is 7.03. The van der Waals surface area contributed by atoms with E-state index in [4.69, 9.17) is 11.6 Å². The van der Waals surface area contributed by atoms with E-state index in [1.165, 1.54) is 37.7 Å². The van der Waals surface area contributed by atoms with E-state index in [1.807, 2.05) is 12.1 Å². The van der Waals surface area contributed by atoms with Gasteiger partial charge in [0.2, 0.25) is 0 Å². The van der Waals surface area contributed by atoms with E-state index in [1.54, 1.807) is 0 Å². The average molecular weight is 278 g/mol. The fourth-order valence-electron chi connectivity index (χ4n) is 4.05. The largest absolute Gasteiger partial charge is 0.314 e. The van der Waals surface area contributed by atoms with Gasteiger partial charge in [-0.3, -0.25) is 0 Å². The summed E-state index contributed by atoms with van der Waals surface area (Å²) in [5.74, 6) is 0. The van der Waals surface area contributed by atoms with Crippen LogP contribution < -0.4 is 5.32 Å². The van der Waals surface area contributed by atoms with Gasteiger partial charge in [-0.05, 0) is 48.8 Å². The van der Waals surface area contributed by atoms with Gasteiger partial charge in [0.25, 0.3) is 0 Å². The topological polar surface area (TPSA) is 12.0 Å². The maximum absolute atomic E-state index is 6.03. The molecule has 2 aliphatic rings. The second-order valence-corrected chi connectivity index (χ2v) is 7.47. The van der Waals surface area contributed by atoms with Crippen molar-refractivity contribution < 1.29 is 0 Å². The molecule has 0 amide bonds. The molecule has 19 heavy (non-hydrogen) atoms. The lowest BCUT2D eigenvalue weighted by Gasteiger charge is -2.62. The summed E-state index contributed by atoms with van der Waals surface area (Å²) in [6.45, 7) is 5.56. The first kappa shape index (κ1) is 13.5. The molecule has 2 saturated carbocycles. The van der Waals surface area contributed by atoms with Crippen molar-refractivity contribution in [2.75, 3.05) is 6.54 Å². The highest BCUT2D eigenvalue weighted by atomic mass is 35.5. The van der Waals surface area contributed by atoms with Crippen LogP contribution in [-0.2, 0) is 5.41 Å². The van der Waals surface area contributed by atoms with Crippen LogP contribution in [0.25, 0.3) is 0 Å². The number of benzene rings is 1. The van der Waals surface area contributed by atoms with Crippen molar-refractivity contribution >= 4 is 11.6 Å². The van der Waals surface area contributed by atoms with Crippen LogP contribution in [0.3, 0.4) is 0 Å². The van der Waals surface area contributed by atoms with Gasteiger partial charge in [0.1, 0.15) is 0 Å². The summed E-state index contributed by atoms with van der Waals surface area (Å²) in [6.07, 6.45) is 7.06. The Morgan fingerprint density at radius 2 is 1.79 bits per heavy atom. The first-order valence-electron chi connectivity index (χ1n) is 7.53. The Kier molecular flexibility index (Phi) is 3.39. The third-order valence-corrected chi connectivity index (χ3v) is 5.40. The predicted octanol–water partition coefficient (Wildman–Crippen LogP) is 4.54. The van der Waals surface area contributed by atoms with Crippen LogP contribution in [0.4, 0.5) is 0 Å². The molecule has 0 aromatic heterocycles. The highest BCUT2D eigenvalue weighted by molar-refractivity contribution is 6.30. The molecule has 0 radical (unpaired) electrons. The fraction of sp³-hybridized carbons (Fsp3) is 0.647. The molecule has 1 spiro atoms. The summed E-state index contributed by atoms with van der Waals surface area (Å²) in [5, 5.41) is 4.50. The SMILES string of the molecule is CC(C)NCC1(c2ccc(Cl)cc2)CC2(CCC2)C1. The molecule has 2 fully saturated rings. The molecule has 3 rings (SSSR count). The summed E-state index contributed by atoms with van der Waals surface area (Å²) in [6, 6.07) is 9.10. The molecule has 1 aromatic rings.